The van der Waals surface area contributed by atoms with E-state index >= 15 is 0 Å². The molecule has 6 nitrogen and oxygen atoms in total. The van der Waals surface area contributed by atoms with Crippen molar-refractivity contribution in [3.8, 4) is 0 Å². The van der Waals surface area contributed by atoms with Crippen molar-refractivity contribution in [1.82, 2.24) is 24.9 Å². The van der Waals surface area contributed by atoms with Crippen LogP contribution < -0.4 is 10.2 Å². The Balaban J connectivity index is 2.38. The maximum absolute atomic E-state index is 4.37. The van der Waals surface area contributed by atoms with Crippen LogP contribution >= 0.6 is 0 Å². The Morgan fingerprint density at radius 1 is 1.39 bits per heavy atom. The van der Waals surface area contributed by atoms with Gasteiger partial charge in [0.15, 0.2) is 0 Å². The van der Waals surface area contributed by atoms with Crippen molar-refractivity contribution in [1.29, 1.82) is 0 Å². The molecule has 0 unspecified atom stereocenters. The first-order valence-corrected chi connectivity index (χ1v) is 6.33. The van der Waals surface area contributed by atoms with Gasteiger partial charge in [0, 0.05) is 31.4 Å². The van der Waals surface area contributed by atoms with Crippen LogP contribution in [0.2, 0.25) is 0 Å². The number of hydrogen-bond donors (Lipinski definition) is 1. The monoisotopic (exact) mass is 248 g/mol. The number of nitrogens with zero attached hydrogens (tertiary/aromatic N) is 5. The van der Waals surface area contributed by atoms with Crippen molar-refractivity contribution in [3.63, 3.8) is 0 Å². The Morgan fingerprint density at radius 2 is 2.22 bits per heavy atom. The highest BCUT2D eigenvalue weighted by Gasteiger charge is 2.12. The second-order valence-electron chi connectivity index (χ2n) is 4.32. The second-order valence-corrected chi connectivity index (χ2v) is 4.32. The molecule has 2 rings (SSSR count). The lowest BCUT2D eigenvalue weighted by Crippen LogP contribution is -2.33. The molecule has 1 N–H and O–H groups in total. The third kappa shape index (κ3) is 2.59. The number of nitrogens with one attached hydrogen (secondary N) is 1. The summed E-state index contributed by atoms with van der Waals surface area (Å²) in [6.45, 7) is 7.06. The van der Waals surface area contributed by atoms with Gasteiger partial charge in [0.25, 0.3) is 5.78 Å². The standard InChI is InChI=1S/C12H20N6/c1-4-6-17(7-5-13-3)11-8-10(2)16-12-14-9-15-18(11)12/h8-9,13H,4-7H2,1-3H3. The lowest BCUT2D eigenvalue weighted by Gasteiger charge is -2.24. The van der Waals surface area contributed by atoms with Crippen LogP contribution in [0, 0.1) is 6.92 Å². The summed E-state index contributed by atoms with van der Waals surface area (Å²) in [5, 5.41) is 7.43. The highest BCUT2D eigenvalue weighted by Crippen LogP contribution is 2.15. The van der Waals surface area contributed by atoms with Crippen LogP contribution in [0.15, 0.2) is 12.4 Å². The molecule has 0 aliphatic carbocycles. The Labute approximate surface area is 107 Å². The predicted octanol–water partition coefficient (Wildman–Crippen LogP) is 0.869. The average Bonchev–Trinajstić information content (AvgIpc) is 2.81. The number of anilines is 1. The molecule has 0 amide bonds. The molecule has 2 heterocycles. The molecule has 0 aliphatic heterocycles. The van der Waals surface area contributed by atoms with E-state index in [9.17, 15) is 0 Å². The van der Waals surface area contributed by atoms with E-state index in [2.05, 4.69) is 38.3 Å². The third-order valence-electron chi connectivity index (χ3n) is 2.81. The van der Waals surface area contributed by atoms with E-state index in [1.807, 2.05) is 14.0 Å². The molecule has 0 bridgehead atoms. The molecule has 0 fully saturated rings. The zero-order chi connectivity index (χ0) is 13.0. The maximum atomic E-state index is 4.37. The van der Waals surface area contributed by atoms with Crippen molar-refractivity contribution in [3.05, 3.63) is 18.1 Å². The number of fused-ring (bicyclic) bond motifs is 1. The molecule has 2 aromatic heterocycles. The number of aryl methyl sites for hydroxylation is 1. The highest BCUT2D eigenvalue weighted by molar-refractivity contribution is 5.47. The van der Waals surface area contributed by atoms with Gasteiger partial charge in [0.05, 0.1) is 0 Å². The molecule has 0 saturated heterocycles. The fraction of sp³-hybridized carbons (Fsp3) is 0.583. The van der Waals surface area contributed by atoms with Gasteiger partial charge in [0.1, 0.15) is 12.1 Å². The molecule has 18 heavy (non-hydrogen) atoms. The van der Waals surface area contributed by atoms with Crippen LogP contribution in [-0.4, -0.2) is 46.3 Å². The fourth-order valence-corrected chi connectivity index (χ4v) is 1.99. The Morgan fingerprint density at radius 3 is 2.94 bits per heavy atom. The normalized spacial score (nSPS) is 11.1. The third-order valence-corrected chi connectivity index (χ3v) is 2.81. The minimum atomic E-state index is 0.663. The van der Waals surface area contributed by atoms with E-state index < -0.39 is 0 Å². The van der Waals surface area contributed by atoms with Crippen LogP contribution in [0.5, 0.6) is 0 Å². The fourth-order valence-electron chi connectivity index (χ4n) is 1.99. The molecule has 0 spiro atoms. The van der Waals surface area contributed by atoms with Crippen molar-refractivity contribution >= 4 is 11.6 Å². The van der Waals surface area contributed by atoms with Gasteiger partial charge in [-0.2, -0.15) is 14.6 Å². The van der Waals surface area contributed by atoms with Gasteiger partial charge in [-0.1, -0.05) is 6.92 Å². The van der Waals surface area contributed by atoms with Crippen molar-refractivity contribution in [2.45, 2.75) is 20.3 Å². The van der Waals surface area contributed by atoms with Crippen molar-refractivity contribution in [2.75, 3.05) is 31.6 Å². The van der Waals surface area contributed by atoms with Gasteiger partial charge in [-0.15, -0.1) is 0 Å². The molecular weight excluding hydrogens is 228 g/mol. The molecule has 6 heteroatoms. The minimum Gasteiger partial charge on any atom is -0.355 e. The number of likely N-dealkylation sites (N-methyl/N-ethyl adjacent to an activating group) is 1. The summed E-state index contributed by atoms with van der Waals surface area (Å²) in [6, 6.07) is 2.06. The zero-order valence-corrected chi connectivity index (χ0v) is 11.2. The van der Waals surface area contributed by atoms with Gasteiger partial charge < -0.3 is 10.2 Å². The number of hydrogen-bond acceptors (Lipinski definition) is 5. The summed E-state index contributed by atoms with van der Waals surface area (Å²) in [5.41, 5.74) is 0.969. The van der Waals surface area contributed by atoms with E-state index in [1.54, 1.807) is 10.8 Å². The van der Waals surface area contributed by atoms with Gasteiger partial charge in [-0.3, -0.25) is 0 Å². The summed E-state index contributed by atoms with van der Waals surface area (Å²) in [6.07, 6.45) is 2.65. The summed E-state index contributed by atoms with van der Waals surface area (Å²) >= 11 is 0. The summed E-state index contributed by atoms with van der Waals surface area (Å²) in [7, 11) is 1.97. The predicted molar refractivity (Wildman–Crippen MR) is 71.9 cm³/mol. The molecule has 0 radical (unpaired) electrons. The van der Waals surface area contributed by atoms with Gasteiger partial charge >= 0.3 is 0 Å². The van der Waals surface area contributed by atoms with E-state index in [4.69, 9.17) is 0 Å². The van der Waals surface area contributed by atoms with Crippen molar-refractivity contribution in [2.24, 2.45) is 0 Å². The van der Waals surface area contributed by atoms with E-state index in [0.29, 0.717) is 5.78 Å². The number of aromatic nitrogens is 4. The molecule has 98 valence electrons. The van der Waals surface area contributed by atoms with Crippen LogP contribution in [0.25, 0.3) is 5.78 Å². The molecule has 0 aliphatic rings. The molecule has 2 aromatic rings. The quantitative estimate of drug-likeness (QED) is 0.822. The van der Waals surface area contributed by atoms with Crippen molar-refractivity contribution < 1.29 is 0 Å². The van der Waals surface area contributed by atoms with Crippen LogP contribution in [0.3, 0.4) is 0 Å². The number of rotatable bonds is 6. The van der Waals surface area contributed by atoms with E-state index in [-0.39, 0.29) is 0 Å². The Kier molecular flexibility index (Phi) is 4.09. The maximum Gasteiger partial charge on any atom is 0.254 e. The highest BCUT2D eigenvalue weighted by atomic mass is 15.4. The lowest BCUT2D eigenvalue weighted by atomic mass is 10.3. The SMILES string of the molecule is CCCN(CCNC)c1cc(C)nc2ncnn12. The molecular formula is C12H20N6. The second kappa shape index (κ2) is 5.77. The molecule has 0 atom stereocenters. The zero-order valence-electron chi connectivity index (χ0n) is 11.2. The van der Waals surface area contributed by atoms with Crippen LogP contribution in [-0.2, 0) is 0 Å². The van der Waals surface area contributed by atoms with Gasteiger partial charge in [0.2, 0.25) is 0 Å². The van der Waals surface area contributed by atoms with Gasteiger partial charge in [-0.25, -0.2) is 4.98 Å². The first kappa shape index (κ1) is 12.8. The first-order valence-electron chi connectivity index (χ1n) is 6.33. The van der Waals surface area contributed by atoms with E-state index in [1.165, 1.54) is 0 Å². The first-order chi connectivity index (χ1) is 8.76. The summed E-state index contributed by atoms with van der Waals surface area (Å²) < 4.78 is 1.80. The Bertz CT molecular complexity index is 506. The van der Waals surface area contributed by atoms with Crippen LogP contribution in [0.4, 0.5) is 5.82 Å². The molecule has 0 saturated carbocycles. The summed E-state index contributed by atoms with van der Waals surface area (Å²) in [4.78, 5) is 10.8. The summed E-state index contributed by atoms with van der Waals surface area (Å²) in [5.74, 6) is 1.72. The lowest BCUT2D eigenvalue weighted by molar-refractivity contribution is 0.689. The Hall–Kier alpha value is -1.69. The van der Waals surface area contributed by atoms with Crippen LogP contribution in [0.1, 0.15) is 19.0 Å². The van der Waals surface area contributed by atoms with Gasteiger partial charge in [-0.05, 0) is 20.4 Å². The smallest absolute Gasteiger partial charge is 0.254 e. The topological polar surface area (TPSA) is 58.3 Å². The minimum absolute atomic E-state index is 0.663. The van der Waals surface area contributed by atoms with E-state index in [0.717, 1.165) is 37.6 Å². The average molecular weight is 248 g/mol. The molecule has 0 aromatic carbocycles. The largest absolute Gasteiger partial charge is 0.355 e.